The third-order valence-corrected chi connectivity index (χ3v) is 7.48. The van der Waals surface area contributed by atoms with Crippen molar-refractivity contribution in [2.45, 2.75) is 36.9 Å². The molecule has 2 amide bonds. The molecule has 0 saturated carbocycles. The quantitative estimate of drug-likeness (QED) is 0.563. The number of nitrogens with one attached hydrogen (secondary N) is 2. The fraction of sp³-hybridized carbons (Fsp3) is 0.333. The molecule has 0 atom stereocenters. The Morgan fingerprint density at radius 2 is 1.44 bits per heavy atom. The maximum absolute atomic E-state index is 13.7. The first kappa shape index (κ1) is 24.1. The molecule has 0 unspecified atom stereocenters. The van der Waals surface area contributed by atoms with Crippen LogP contribution in [0.4, 0.5) is 5.69 Å². The summed E-state index contributed by atoms with van der Waals surface area (Å²) in [7, 11) is 3.94. The minimum atomic E-state index is -0.741. The molecule has 2 heterocycles. The van der Waals surface area contributed by atoms with Crippen LogP contribution in [0.5, 0.6) is 0 Å². The Bertz CT molecular complexity index is 1180. The lowest BCUT2D eigenvalue weighted by molar-refractivity contribution is -0.124. The Kier molecular flexibility index (Phi) is 6.54. The Morgan fingerprint density at radius 1 is 0.861 bits per heavy atom. The number of piperidine rings is 1. The summed E-state index contributed by atoms with van der Waals surface area (Å²) < 4.78 is 0. The van der Waals surface area contributed by atoms with Crippen LogP contribution in [-0.2, 0) is 17.6 Å². The first-order valence-electron chi connectivity index (χ1n) is 12.6. The van der Waals surface area contributed by atoms with Gasteiger partial charge in [-0.05, 0) is 42.2 Å². The predicted molar refractivity (Wildman–Crippen MR) is 143 cm³/mol. The van der Waals surface area contributed by atoms with Gasteiger partial charge in [-0.3, -0.25) is 14.9 Å². The van der Waals surface area contributed by atoms with Crippen LogP contribution in [0.2, 0.25) is 0 Å². The zero-order chi connectivity index (χ0) is 25.2. The molecule has 2 fully saturated rings. The van der Waals surface area contributed by atoms with E-state index in [1.807, 2.05) is 84.6 Å². The zero-order valence-corrected chi connectivity index (χ0v) is 21.0. The number of carbonyl (C=O) groups excluding carboxylic acids is 2. The van der Waals surface area contributed by atoms with E-state index in [1.54, 1.807) is 0 Å². The lowest BCUT2D eigenvalue weighted by Crippen LogP contribution is -2.60. The third-order valence-electron chi connectivity index (χ3n) is 7.48. The summed E-state index contributed by atoms with van der Waals surface area (Å²) in [5.74, 6) is 0.0753. The SMILES string of the molecule is CN(C)c1cccc(C(=O)N2CCC3(CC2)NC(=O)C(Cc2ccccc2)(Cc2ccccc2)N3)c1. The van der Waals surface area contributed by atoms with E-state index in [1.165, 1.54) is 0 Å². The van der Waals surface area contributed by atoms with Gasteiger partial charge in [0.1, 0.15) is 5.54 Å². The van der Waals surface area contributed by atoms with E-state index in [0.717, 1.165) is 16.8 Å². The standard InChI is InChI=1S/C30H34N4O2/c1-33(2)26-15-9-14-25(20-26)27(35)34-18-16-30(17-19-34)31-28(36)29(32-30,21-23-10-5-3-6-11-23)22-24-12-7-4-8-13-24/h3-15,20,32H,16-19,21-22H2,1-2H3,(H,31,36). The largest absolute Gasteiger partial charge is 0.378 e. The Labute approximate surface area is 213 Å². The average molecular weight is 483 g/mol. The first-order chi connectivity index (χ1) is 17.4. The van der Waals surface area contributed by atoms with Crippen molar-refractivity contribution in [1.29, 1.82) is 0 Å². The Hall–Kier alpha value is -3.64. The lowest BCUT2D eigenvalue weighted by atomic mass is 9.84. The highest BCUT2D eigenvalue weighted by Crippen LogP contribution is 2.33. The van der Waals surface area contributed by atoms with Crippen LogP contribution in [0.1, 0.15) is 34.3 Å². The van der Waals surface area contributed by atoms with E-state index in [-0.39, 0.29) is 11.8 Å². The van der Waals surface area contributed by atoms with Crippen molar-refractivity contribution in [3.05, 3.63) is 102 Å². The number of benzene rings is 3. The van der Waals surface area contributed by atoms with Gasteiger partial charge in [0.05, 0.1) is 5.66 Å². The number of anilines is 1. The summed E-state index contributed by atoms with van der Waals surface area (Å²) in [6.45, 7) is 1.18. The number of likely N-dealkylation sites (tertiary alicyclic amines) is 1. The van der Waals surface area contributed by atoms with E-state index < -0.39 is 11.2 Å². The van der Waals surface area contributed by atoms with Crippen LogP contribution in [-0.4, -0.2) is 55.1 Å². The summed E-state index contributed by atoms with van der Waals surface area (Å²) in [5, 5.41) is 7.11. The summed E-state index contributed by atoms with van der Waals surface area (Å²) in [4.78, 5) is 30.8. The topological polar surface area (TPSA) is 64.7 Å². The highest BCUT2D eigenvalue weighted by atomic mass is 16.2. The molecule has 5 rings (SSSR count). The van der Waals surface area contributed by atoms with Crippen LogP contribution in [0.3, 0.4) is 0 Å². The molecule has 3 aromatic rings. The second-order valence-corrected chi connectivity index (χ2v) is 10.3. The minimum Gasteiger partial charge on any atom is -0.378 e. The highest BCUT2D eigenvalue weighted by Gasteiger charge is 2.54. The van der Waals surface area contributed by atoms with Crippen LogP contribution in [0.15, 0.2) is 84.9 Å². The second-order valence-electron chi connectivity index (χ2n) is 10.3. The van der Waals surface area contributed by atoms with Crippen LogP contribution in [0, 0.1) is 0 Å². The van der Waals surface area contributed by atoms with Gasteiger partial charge >= 0.3 is 0 Å². The van der Waals surface area contributed by atoms with Gasteiger partial charge in [-0.1, -0.05) is 66.7 Å². The molecule has 0 bridgehead atoms. The summed E-state index contributed by atoms with van der Waals surface area (Å²) >= 11 is 0. The molecule has 2 saturated heterocycles. The van der Waals surface area contributed by atoms with E-state index in [4.69, 9.17) is 0 Å². The molecule has 1 spiro atoms. The van der Waals surface area contributed by atoms with Gasteiger partial charge in [0.15, 0.2) is 0 Å². The third kappa shape index (κ3) is 4.86. The molecular weight excluding hydrogens is 448 g/mol. The zero-order valence-electron chi connectivity index (χ0n) is 21.0. The van der Waals surface area contributed by atoms with Crippen LogP contribution < -0.4 is 15.5 Å². The van der Waals surface area contributed by atoms with Gasteiger partial charge in [-0.25, -0.2) is 0 Å². The molecular formula is C30H34N4O2. The van der Waals surface area contributed by atoms with Crippen molar-refractivity contribution in [2.24, 2.45) is 0 Å². The van der Waals surface area contributed by atoms with Crippen molar-refractivity contribution in [3.63, 3.8) is 0 Å². The van der Waals surface area contributed by atoms with Gasteiger partial charge in [-0.15, -0.1) is 0 Å². The van der Waals surface area contributed by atoms with Gasteiger partial charge < -0.3 is 15.1 Å². The molecule has 36 heavy (non-hydrogen) atoms. The number of nitrogens with zero attached hydrogens (tertiary/aromatic N) is 2. The van der Waals surface area contributed by atoms with E-state index in [2.05, 4.69) is 34.9 Å². The van der Waals surface area contributed by atoms with E-state index >= 15 is 0 Å². The number of amides is 2. The monoisotopic (exact) mass is 482 g/mol. The predicted octanol–water partition coefficient (Wildman–Crippen LogP) is 3.63. The van der Waals surface area contributed by atoms with Gasteiger partial charge in [0.2, 0.25) is 5.91 Å². The lowest BCUT2D eigenvalue weighted by Gasteiger charge is -2.41. The van der Waals surface area contributed by atoms with Gasteiger partial charge in [0.25, 0.3) is 5.91 Å². The number of rotatable bonds is 6. The maximum atomic E-state index is 13.7. The molecule has 0 aliphatic carbocycles. The first-order valence-corrected chi connectivity index (χ1v) is 12.6. The summed E-state index contributed by atoms with van der Waals surface area (Å²) in [6.07, 6.45) is 2.55. The smallest absolute Gasteiger partial charge is 0.253 e. The normalized spacial score (nSPS) is 18.2. The fourth-order valence-electron chi connectivity index (χ4n) is 5.52. The van der Waals surface area contributed by atoms with E-state index in [0.29, 0.717) is 44.3 Å². The van der Waals surface area contributed by atoms with Gasteiger partial charge in [-0.2, -0.15) is 0 Å². The molecule has 3 aromatic carbocycles. The number of hydrogen-bond donors (Lipinski definition) is 2. The average Bonchev–Trinajstić information content (AvgIpc) is 3.15. The van der Waals surface area contributed by atoms with Crippen molar-refractivity contribution in [2.75, 3.05) is 32.1 Å². The molecule has 2 aliphatic rings. The Balaban J connectivity index is 1.34. The second kappa shape index (κ2) is 9.78. The maximum Gasteiger partial charge on any atom is 0.253 e. The van der Waals surface area contributed by atoms with Crippen molar-refractivity contribution in [1.82, 2.24) is 15.5 Å². The minimum absolute atomic E-state index is 0.0358. The summed E-state index contributed by atoms with van der Waals surface area (Å²) in [5.41, 5.74) is 2.70. The van der Waals surface area contributed by atoms with Gasteiger partial charge in [0, 0.05) is 51.3 Å². The Morgan fingerprint density at radius 3 is 2.00 bits per heavy atom. The molecule has 2 aliphatic heterocycles. The highest BCUT2D eigenvalue weighted by molar-refractivity contribution is 5.95. The van der Waals surface area contributed by atoms with Crippen molar-refractivity contribution >= 4 is 17.5 Å². The van der Waals surface area contributed by atoms with Crippen molar-refractivity contribution < 1.29 is 9.59 Å². The number of carbonyl (C=O) groups is 2. The van der Waals surface area contributed by atoms with E-state index in [9.17, 15) is 9.59 Å². The molecule has 0 radical (unpaired) electrons. The number of hydrogen-bond acceptors (Lipinski definition) is 4. The molecule has 186 valence electrons. The fourth-order valence-corrected chi connectivity index (χ4v) is 5.52. The molecule has 6 heteroatoms. The molecule has 2 N–H and O–H groups in total. The molecule has 0 aromatic heterocycles. The van der Waals surface area contributed by atoms with Crippen LogP contribution in [0.25, 0.3) is 0 Å². The summed E-state index contributed by atoms with van der Waals surface area (Å²) in [6, 6.07) is 28.1. The van der Waals surface area contributed by atoms with Crippen LogP contribution >= 0.6 is 0 Å². The molecule has 6 nitrogen and oxygen atoms in total. The van der Waals surface area contributed by atoms with Crippen molar-refractivity contribution in [3.8, 4) is 0 Å².